The summed E-state index contributed by atoms with van der Waals surface area (Å²) < 4.78 is 53.1. The predicted octanol–water partition coefficient (Wildman–Crippen LogP) is 9.29. The molecule has 3 saturated heterocycles. The molecule has 6 aliphatic heterocycles. The van der Waals surface area contributed by atoms with Crippen molar-refractivity contribution < 1.29 is 32.8 Å². The highest BCUT2D eigenvalue weighted by molar-refractivity contribution is 7.99. The van der Waals surface area contributed by atoms with Crippen LogP contribution in [0.4, 0.5) is 21.8 Å². The number of aromatic nitrogens is 4. The second kappa shape index (κ2) is 23.7. The molecule has 0 radical (unpaired) electrons. The molecule has 0 amide bonds. The first-order valence-corrected chi connectivity index (χ1v) is 30.6. The van der Waals surface area contributed by atoms with Crippen molar-refractivity contribution in [3.05, 3.63) is 127 Å². The standard InChI is InChI=1S/C63H69FN10O6S2/c1-61(2)29-45-48(33-65)55(69-56(51(45)37-78-61)72-11-17-75-18-12-72)32-63(4)31-47-50(35-67)59(70-58(53(47)39-80-63)74-15-21-77-22-16-74)81-23-9-40-25-41(27-43(64)26-40)28-62(3)30-46-49(34-66)60(71-57(52(46)38-79-62)73-13-19-76-20-14-73)82-24-10-42-36-68-54-8-6-5-7-44(42)54/h5-8,25-27,36,68H,9-24,28-32,37-39H2,1-4H3. The number of hydrogen-bond donors (Lipinski definition) is 1. The Balaban J connectivity index is 0.786. The number of para-hydroxylation sites is 1. The number of anilines is 3. The van der Waals surface area contributed by atoms with E-state index < -0.39 is 16.8 Å². The highest BCUT2D eigenvalue weighted by atomic mass is 32.2. The van der Waals surface area contributed by atoms with Gasteiger partial charge in [0.15, 0.2) is 0 Å². The van der Waals surface area contributed by atoms with Crippen LogP contribution in [0.3, 0.4) is 0 Å². The Labute approximate surface area is 487 Å². The molecule has 0 spiro atoms. The van der Waals surface area contributed by atoms with Crippen LogP contribution in [0, 0.1) is 39.8 Å². The van der Waals surface area contributed by atoms with E-state index in [-0.39, 0.29) is 19.0 Å². The highest BCUT2D eigenvalue weighted by Gasteiger charge is 2.41. The van der Waals surface area contributed by atoms with Crippen LogP contribution < -0.4 is 14.7 Å². The number of nitrogens with one attached hydrogen (secondary N) is 1. The fraction of sp³-hybridized carbons (Fsp3) is 0.492. The van der Waals surface area contributed by atoms with E-state index in [2.05, 4.69) is 96.0 Å². The van der Waals surface area contributed by atoms with Gasteiger partial charge in [0, 0.05) is 117 Å². The Morgan fingerprint density at radius 1 is 0.573 bits per heavy atom. The largest absolute Gasteiger partial charge is 0.378 e. The molecule has 2 atom stereocenters. The van der Waals surface area contributed by atoms with Crippen LogP contribution in [0.25, 0.3) is 10.9 Å². The van der Waals surface area contributed by atoms with E-state index in [9.17, 15) is 15.8 Å². The number of thioether (sulfide) groups is 2. The zero-order valence-corrected chi connectivity index (χ0v) is 48.9. The third-order valence-corrected chi connectivity index (χ3v) is 18.9. The topological polar surface area (TPSA) is 191 Å². The first-order valence-electron chi connectivity index (χ1n) is 28.7. The fourth-order valence-electron chi connectivity index (χ4n) is 12.8. The van der Waals surface area contributed by atoms with Gasteiger partial charge in [-0.2, -0.15) is 15.8 Å². The van der Waals surface area contributed by atoms with Crippen LogP contribution in [0.15, 0.2) is 58.7 Å². The number of rotatable bonds is 15. The van der Waals surface area contributed by atoms with Crippen molar-refractivity contribution in [2.75, 3.05) is 105 Å². The molecule has 19 heteroatoms. The number of morpholine rings is 3. The Morgan fingerprint density at radius 3 is 1.62 bits per heavy atom. The summed E-state index contributed by atoms with van der Waals surface area (Å²) in [6.07, 6.45) is 5.66. The maximum Gasteiger partial charge on any atom is 0.135 e. The third-order valence-electron chi connectivity index (χ3n) is 16.9. The van der Waals surface area contributed by atoms with Gasteiger partial charge in [0.25, 0.3) is 0 Å². The van der Waals surface area contributed by atoms with Gasteiger partial charge in [-0.05, 0) is 92.1 Å². The molecule has 16 nitrogen and oxygen atoms in total. The molecule has 0 bridgehead atoms. The van der Waals surface area contributed by atoms with Crippen LogP contribution in [-0.2, 0) is 93.2 Å². The minimum absolute atomic E-state index is 0.242. The van der Waals surface area contributed by atoms with E-state index in [0.29, 0.717) is 157 Å². The molecule has 426 valence electrons. The van der Waals surface area contributed by atoms with Gasteiger partial charge >= 0.3 is 0 Å². The zero-order chi connectivity index (χ0) is 56.6. The summed E-state index contributed by atoms with van der Waals surface area (Å²) in [4.78, 5) is 25.9. The van der Waals surface area contributed by atoms with Gasteiger partial charge in [-0.1, -0.05) is 24.3 Å². The molecule has 3 fully saturated rings. The molecular formula is C63H69FN10O6S2. The smallest absolute Gasteiger partial charge is 0.135 e. The summed E-state index contributed by atoms with van der Waals surface area (Å²) in [6.45, 7) is 16.7. The zero-order valence-electron chi connectivity index (χ0n) is 47.3. The molecule has 1 N–H and O–H groups in total. The lowest BCUT2D eigenvalue weighted by Crippen LogP contribution is -2.43. The Kier molecular flexibility index (Phi) is 16.3. The maximum absolute atomic E-state index is 15.9. The van der Waals surface area contributed by atoms with Gasteiger partial charge in [0.05, 0.1) is 98.6 Å². The van der Waals surface area contributed by atoms with Crippen molar-refractivity contribution in [3.63, 3.8) is 0 Å². The molecule has 2 aromatic carbocycles. The number of ether oxygens (including phenoxy) is 6. The second-order valence-electron chi connectivity index (χ2n) is 23.4. The van der Waals surface area contributed by atoms with Crippen molar-refractivity contribution in [2.24, 2.45) is 0 Å². The molecule has 2 unspecified atom stereocenters. The van der Waals surface area contributed by atoms with Crippen LogP contribution in [0.1, 0.15) is 100 Å². The molecule has 10 heterocycles. The van der Waals surface area contributed by atoms with Crippen molar-refractivity contribution in [2.45, 2.75) is 119 Å². The van der Waals surface area contributed by atoms with Gasteiger partial charge in [0.2, 0.25) is 0 Å². The molecule has 82 heavy (non-hydrogen) atoms. The van der Waals surface area contributed by atoms with E-state index in [1.165, 1.54) is 22.7 Å². The lowest BCUT2D eigenvalue weighted by Gasteiger charge is -2.40. The summed E-state index contributed by atoms with van der Waals surface area (Å²) >= 11 is 3.13. The number of hydrogen-bond acceptors (Lipinski definition) is 17. The Bertz CT molecular complexity index is 3540. The lowest BCUT2D eigenvalue weighted by atomic mass is 9.82. The lowest BCUT2D eigenvalue weighted by molar-refractivity contribution is -0.0546. The molecule has 12 rings (SSSR count). The van der Waals surface area contributed by atoms with Crippen LogP contribution >= 0.6 is 23.5 Å². The van der Waals surface area contributed by atoms with Gasteiger partial charge in [-0.3, -0.25) is 0 Å². The SMILES string of the molecule is CC1(C)Cc2c(C#N)c(CC3(C)Cc4c(C#N)c(SCCc5cc(F)cc(CC6(C)Cc7c(C#N)c(SCCc8c[nH]c9ccccc89)nc(N8CCOCC8)c7CO6)c5)nc(N5CCOCC5)c4CO3)nc(N3CCOCC3)c2CO1. The molecule has 0 aliphatic carbocycles. The maximum atomic E-state index is 15.9. The first kappa shape index (κ1) is 56.2. The second-order valence-corrected chi connectivity index (χ2v) is 25.6. The minimum atomic E-state index is -0.809. The van der Waals surface area contributed by atoms with Crippen LogP contribution in [0.5, 0.6) is 0 Å². The van der Waals surface area contributed by atoms with E-state index in [1.54, 1.807) is 23.9 Å². The van der Waals surface area contributed by atoms with E-state index in [1.807, 2.05) is 6.07 Å². The number of pyridine rings is 3. The monoisotopic (exact) mass is 1140 g/mol. The van der Waals surface area contributed by atoms with E-state index in [0.717, 1.165) is 84.7 Å². The van der Waals surface area contributed by atoms with E-state index in [4.69, 9.17) is 43.4 Å². The number of aryl methyl sites for hydroxylation is 2. The minimum Gasteiger partial charge on any atom is -0.378 e. The first-order chi connectivity index (χ1) is 39.8. The molecule has 0 saturated carbocycles. The molecular weight excluding hydrogens is 1080 g/mol. The molecule has 4 aromatic heterocycles. The third kappa shape index (κ3) is 11.7. The number of halogens is 1. The van der Waals surface area contributed by atoms with Crippen molar-refractivity contribution in [1.29, 1.82) is 15.8 Å². The molecule has 6 aromatic rings. The summed E-state index contributed by atoms with van der Waals surface area (Å²) in [7, 11) is 0. The average molecular weight is 1150 g/mol. The predicted molar refractivity (Wildman–Crippen MR) is 313 cm³/mol. The summed E-state index contributed by atoms with van der Waals surface area (Å²) in [6, 6.07) is 21.2. The van der Waals surface area contributed by atoms with Crippen LogP contribution in [-0.4, -0.2) is 127 Å². The van der Waals surface area contributed by atoms with E-state index >= 15 is 4.39 Å². The normalized spacial score (nSPS) is 21.5. The summed E-state index contributed by atoms with van der Waals surface area (Å²) in [5.41, 5.74) is 9.97. The van der Waals surface area contributed by atoms with Crippen LogP contribution in [0.2, 0.25) is 0 Å². The number of fused-ring (bicyclic) bond motifs is 4. The van der Waals surface area contributed by atoms with Gasteiger partial charge in [0.1, 0.15) is 51.5 Å². The van der Waals surface area contributed by atoms with Crippen molar-refractivity contribution >= 4 is 51.9 Å². The number of aromatic amines is 1. The summed E-state index contributed by atoms with van der Waals surface area (Å²) in [5, 5.41) is 35.4. The Morgan fingerprint density at radius 2 is 1.06 bits per heavy atom. The fourth-order valence-corrected chi connectivity index (χ4v) is 14.7. The number of nitrogens with zero attached hydrogens (tertiary/aromatic N) is 9. The average Bonchev–Trinajstić information content (AvgIpc) is 3.32. The van der Waals surface area contributed by atoms with Gasteiger partial charge in [-0.25, -0.2) is 19.3 Å². The number of benzene rings is 2. The number of H-pyrrole nitrogens is 1. The highest BCUT2D eigenvalue weighted by Crippen LogP contribution is 2.44. The number of nitriles is 3. The quantitative estimate of drug-likeness (QED) is 0.0956. The van der Waals surface area contributed by atoms with Crippen molar-refractivity contribution in [1.82, 2.24) is 19.9 Å². The molecule has 6 aliphatic rings. The van der Waals surface area contributed by atoms with Crippen molar-refractivity contribution in [3.8, 4) is 18.2 Å². The van der Waals surface area contributed by atoms with Gasteiger partial charge < -0.3 is 48.1 Å². The summed E-state index contributed by atoms with van der Waals surface area (Å²) in [5.74, 6) is 3.44. The Hall–Kier alpha value is -6.31. The van der Waals surface area contributed by atoms with Gasteiger partial charge in [-0.15, -0.1) is 23.5 Å².